The van der Waals surface area contributed by atoms with Gasteiger partial charge in [0.1, 0.15) is 6.61 Å². The molecular weight excluding hydrogens is 288 g/mol. The highest BCUT2D eigenvalue weighted by molar-refractivity contribution is 5.32. The predicted octanol–water partition coefficient (Wildman–Crippen LogP) is 4.48. The van der Waals surface area contributed by atoms with Crippen LogP contribution in [0.25, 0.3) is 0 Å². The Labute approximate surface area is 141 Å². The minimum atomic E-state index is -0.250. The first-order valence-electron chi connectivity index (χ1n) is 8.45. The normalized spacial score (nSPS) is 9.57. The molecule has 3 heteroatoms. The Morgan fingerprint density at radius 3 is 2.13 bits per heavy atom. The summed E-state index contributed by atoms with van der Waals surface area (Å²) in [7, 11) is 0. The Hall–Kier alpha value is -1.79. The Balaban J connectivity index is 0.00000149. The van der Waals surface area contributed by atoms with E-state index in [1.807, 2.05) is 0 Å². The van der Waals surface area contributed by atoms with Gasteiger partial charge in [-0.2, -0.15) is 0 Å². The van der Waals surface area contributed by atoms with E-state index in [-0.39, 0.29) is 6.47 Å². The predicted molar refractivity (Wildman–Crippen MR) is 95.6 cm³/mol. The fourth-order valence-electron chi connectivity index (χ4n) is 2.36. The SMILES string of the molecule is C#CCOCCCCCCCc1ccc(CCC)cc1.O=CO. The first-order chi connectivity index (χ1) is 11.3. The number of carboxylic acid groups (broad SMARTS) is 1. The second kappa shape index (κ2) is 16.6. The fraction of sp³-hybridized carbons (Fsp3) is 0.550. The van der Waals surface area contributed by atoms with Crippen molar-refractivity contribution in [2.24, 2.45) is 0 Å². The average Bonchev–Trinajstić information content (AvgIpc) is 2.56. The second-order valence-electron chi connectivity index (χ2n) is 5.45. The lowest BCUT2D eigenvalue weighted by Crippen LogP contribution is -1.94. The fourth-order valence-corrected chi connectivity index (χ4v) is 2.36. The van der Waals surface area contributed by atoms with Gasteiger partial charge < -0.3 is 9.84 Å². The number of terminal acetylenes is 1. The lowest BCUT2D eigenvalue weighted by molar-refractivity contribution is -0.122. The highest BCUT2D eigenvalue weighted by atomic mass is 16.5. The maximum atomic E-state index is 8.36. The lowest BCUT2D eigenvalue weighted by atomic mass is 10.0. The molecule has 128 valence electrons. The van der Waals surface area contributed by atoms with Crippen molar-refractivity contribution in [3.05, 3.63) is 35.4 Å². The van der Waals surface area contributed by atoms with Gasteiger partial charge in [-0.3, -0.25) is 4.79 Å². The van der Waals surface area contributed by atoms with Gasteiger partial charge in [-0.05, 0) is 36.8 Å². The van der Waals surface area contributed by atoms with E-state index in [1.165, 1.54) is 56.1 Å². The third-order valence-electron chi connectivity index (χ3n) is 3.50. The summed E-state index contributed by atoms with van der Waals surface area (Å²) >= 11 is 0. The van der Waals surface area contributed by atoms with Crippen LogP contribution in [0.1, 0.15) is 56.6 Å². The molecule has 0 bridgehead atoms. The van der Waals surface area contributed by atoms with Gasteiger partial charge >= 0.3 is 0 Å². The molecule has 1 N–H and O–H groups in total. The molecule has 1 rings (SSSR count). The summed E-state index contributed by atoms with van der Waals surface area (Å²) in [5.74, 6) is 2.49. The highest BCUT2D eigenvalue weighted by Gasteiger charge is 1.96. The summed E-state index contributed by atoms with van der Waals surface area (Å²) in [5, 5.41) is 6.89. The zero-order valence-corrected chi connectivity index (χ0v) is 14.3. The van der Waals surface area contributed by atoms with E-state index in [0.717, 1.165) is 13.0 Å². The molecule has 0 aliphatic carbocycles. The molecule has 0 atom stereocenters. The van der Waals surface area contributed by atoms with Gasteiger partial charge in [0, 0.05) is 6.61 Å². The van der Waals surface area contributed by atoms with Crippen LogP contribution in [0.2, 0.25) is 0 Å². The van der Waals surface area contributed by atoms with Crippen LogP contribution in [-0.4, -0.2) is 24.8 Å². The van der Waals surface area contributed by atoms with Crippen LogP contribution in [0.5, 0.6) is 0 Å². The van der Waals surface area contributed by atoms with E-state index < -0.39 is 0 Å². The Morgan fingerprint density at radius 1 is 1.04 bits per heavy atom. The summed E-state index contributed by atoms with van der Waals surface area (Å²) < 4.78 is 5.25. The van der Waals surface area contributed by atoms with E-state index in [1.54, 1.807) is 0 Å². The van der Waals surface area contributed by atoms with E-state index in [9.17, 15) is 0 Å². The van der Waals surface area contributed by atoms with Gasteiger partial charge in [-0.1, -0.05) is 62.8 Å². The summed E-state index contributed by atoms with van der Waals surface area (Å²) in [6, 6.07) is 9.14. The summed E-state index contributed by atoms with van der Waals surface area (Å²) in [5.41, 5.74) is 2.94. The van der Waals surface area contributed by atoms with Crippen LogP contribution in [0, 0.1) is 12.3 Å². The van der Waals surface area contributed by atoms with Crippen LogP contribution < -0.4 is 0 Å². The molecule has 0 radical (unpaired) electrons. The molecule has 0 aliphatic heterocycles. The zero-order chi connectivity index (χ0) is 17.2. The third kappa shape index (κ3) is 13.6. The average molecular weight is 318 g/mol. The topological polar surface area (TPSA) is 46.5 Å². The molecule has 0 amide bonds. The van der Waals surface area contributed by atoms with E-state index in [0.29, 0.717) is 6.61 Å². The van der Waals surface area contributed by atoms with Crippen LogP contribution in [-0.2, 0) is 22.4 Å². The van der Waals surface area contributed by atoms with E-state index in [4.69, 9.17) is 21.1 Å². The van der Waals surface area contributed by atoms with Crippen molar-refractivity contribution < 1.29 is 14.6 Å². The number of hydrogen-bond donors (Lipinski definition) is 1. The monoisotopic (exact) mass is 318 g/mol. The summed E-state index contributed by atoms with van der Waals surface area (Å²) in [6.45, 7) is 3.24. The number of aryl methyl sites for hydroxylation is 2. The van der Waals surface area contributed by atoms with Crippen molar-refractivity contribution in [3.8, 4) is 12.3 Å². The van der Waals surface area contributed by atoms with E-state index in [2.05, 4.69) is 37.1 Å². The van der Waals surface area contributed by atoms with Crippen molar-refractivity contribution in [2.75, 3.05) is 13.2 Å². The molecule has 0 aliphatic rings. The maximum Gasteiger partial charge on any atom is 0.290 e. The van der Waals surface area contributed by atoms with Crippen LogP contribution in [0.4, 0.5) is 0 Å². The molecular formula is C20H30O3. The van der Waals surface area contributed by atoms with Crippen LogP contribution in [0.3, 0.4) is 0 Å². The van der Waals surface area contributed by atoms with Crippen LogP contribution in [0.15, 0.2) is 24.3 Å². The van der Waals surface area contributed by atoms with Gasteiger partial charge in [0.2, 0.25) is 0 Å². The summed E-state index contributed by atoms with van der Waals surface area (Å²) in [4.78, 5) is 8.36. The van der Waals surface area contributed by atoms with Crippen molar-refractivity contribution in [2.45, 2.75) is 58.3 Å². The molecule has 0 fully saturated rings. The lowest BCUT2D eigenvalue weighted by Gasteiger charge is -2.04. The molecule has 1 aromatic rings. The Kier molecular flexibility index (Phi) is 15.3. The smallest absolute Gasteiger partial charge is 0.290 e. The standard InChI is InChI=1S/C19H28O.CH2O2/c1-3-10-18-12-14-19(15-13-18)11-8-6-5-7-9-17-20-16-4-2;2-1-3/h2,12-15H,3,5-11,16-17H2,1H3;1H,(H,2,3). The van der Waals surface area contributed by atoms with Crippen molar-refractivity contribution >= 4 is 6.47 Å². The molecule has 0 saturated heterocycles. The number of hydrogen-bond acceptors (Lipinski definition) is 2. The minimum absolute atomic E-state index is 0.250. The number of unbranched alkanes of at least 4 members (excludes halogenated alkanes) is 4. The Morgan fingerprint density at radius 2 is 1.57 bits per heavy atom. The van der Waals surface area contributed by atoms with Gasteiger partial charge in [0.25, 0.3) is 6.47 Å². The van der Waals surface area contributed by atoms with Crippen LogP contribution >= 0.6 is 0 Å². The van der Waals surface area contributed by atoms with Crippen molar-refractivity contribution in [3.63, 3.8) is 0 Å². The van der Waals surface area contributed by atoms with E-state index >= 15 is 0 Å². The molecule has 3 nitrogen and oxygen atoms in total. The largest absolute Gasteiger partial charge is 0.483 e. The number of ether oxygens (including phenoxy) is 1. The van der Waals surface area contributed by atoms with Crippen molar-refractivity contribution in [1.82, 2.24) is 0 Å². The Bertz CT molecular complexity index is 418. The quantitative estimate of drug-likeness (QED) is 0.372. The molecule has 0 unspecified atom stereocenters. The number of carbonyl (C=O) groups is 1. The van der Waals surface area contributed by atoms with Gasteiger partial charge in [-0.15, -0.1) is 6.42 Å². The van der Waals surface area contributed by atoms with Gasteiger partial charge in [0.15, 0.2) is 0 Å². The summed E-state index contributed by atoms with van der Waals surface area (Å²) in [6.07, 6.45) is 15.0. The first-order valence-corrected chi connectivity index (χ1v) is 8.45. The highest BCUT2D eigenvalue weighted by Crippen LogP contribution is 2.11. The molecule has 0 aromatic heterocycles. The third-order valence-corrected chi connectivity index (χ3v) is 3.50. The number of benzene rings is 1. The molecule has 1 aromatic carbocycles. The molecule has 0 heterocycles. The first kappa shape index (κ1) is 21.2. The minimum Gasteiger partial charge on any atom is -0.483 e. The zero-order valence-electron chi connectivity index (χ0n) is 14.3. The number of rotatable bonds is 11. The second-order valence-corrected chi connectivity index (χ2v) is 5.45. The molecule has 23 heavy (non-hydrogen) atoms. The molecule has 0 spiro atoms. The maximum absolute atomic E-state index is 8.36. The van der Waals surface area contributed by atoms with Crippen molar-refractivity contribution in [1.29, 1.82) is 0 Å². The van der Waals surface area contributed by atoms with Gasteiger partial charge in [0.05, 0.1) is 0 Å². The van der Waals surface area contributed by atoms with Gasteiger partial charge in [-0.25, -0.2) is 0 Å². The molecule has 0 saturated carbocycles.